The molecule has 0 fully saturated rings. The molecule has 1 N–H and O–H groups in total. The number of hydrogen-bond donors (Lipinski definition) is 1. The van der Waals surface area contributed by atoms with E-state index >= 15 is 0 Å². The number of aryl methyl sites for hydroxylation is 1. The van der Waals surface area contributed by atoms with Gasteiger partial charge < -0.3 is 5.32 Å². The molecule has 0 spiro atoms. The van der Waals surface area contributed by atoms with E-state index in [1.165, 1.54) is 11.3 Å². The molecule has 0 unspecified atom stereocenters. The first-order valence-corrected chi connectivity index (χ1v) is 9.77. The first-order chi connectivity index (χ1) is 13.6. The van der Waals surface area contributed by atoms with Gasteiger partial charge >= 0.3 is 0 Å². The Morgan fingerprint density at radius 1 is 1.25 bits per heavy atom. The third kappa shape index (κ3) is 3.38. The highest BCUT2D eigenvalue weighted by atomic mass is 35.5. The van der Waals surface area contributed by atoms with Gasteiger partial charge in [-0.2, -0.15) is 10.4 Å². The van der Waals surface area contributed by atoms with Crippen LogP contribution >= 0.6 is 22.9 Å². The Hall–Kier alpha value is -3.14. The zero-order valence-corrected chi connectivity index (χ0v) is 16.5. The molecule has 7 heteroatoms. The Balaban J connectivity index is 1.65. The molecular weight excluding hydrogens is 392 g/mol. The van der Waals surface area contributed by atoms with E-state index in [1.54, 1.807) is 16.8 Å². The van der Waals surface area contributed by atoms with E-state index < -0.39 is 0 Å². The van der Waals surface area contributed by atoms with E-state index in [9.17, 15) is 4.79 Å². The number of fused-ring (bicyclic) bond motifs is 1. The van der Waals surface area contributed by atoms with Crippen LogP contribution in [-0.4, -0.2) is 15.7 Å². The maximum Gasteiger partial charge on any atom is 0.265 e. The van der Waals surface area contributed by atoms with Crippen molar-refractivity contribution in [2.24, 2.45) is 0 Å². The van der Waals surface area contributed by atoms with Crippen LogP contribution in [0.3, 0.4) is 0 Å². The number of benzene rings is 2. The molecule has 28 heavy (non-hydrogen) atoms. The first-order valence-electron chi connectivity index (χ1n) is 8.58. The van der Waals surface area contributed by atoms with Crippen molar-refractivity contribution in [3.8, 4) is 11.8 Å². The highest BCUT2D eigenvalue weighted by molar-refractivity contribution is 7.20. The number of para-hydroxylation sites is 1. The molecule has 4 rings (SSSR count). The summed E-state index contributed by atoms with van der Waals surface area (Å²) in [6, 6.07) is 18.7. The van der Waals surface area contributed by atoms with Crippen molar-refractivity contribution in [2.45, 2.75) is 13.3 Å². The van der Waals surface area contributed by atoms with Crippen LogP contribution in [0.15, 0.2) is 54.6 Å². The lowest BCUT2D eigenvalue weighted by molar-refractivity contribution is 0.103. The summed E-state index contributed by atoms with van der Waals surface area (Å²) in [6.07, 6.45) is 0.350. The number of hydrogen-bond acceptors (Lipinski definition) is 4. The fraction of sp³-hybridized carbons (Fsp3) is 0.0952. The van der Waals surface area contributed by atoms with E-state index in [-0.39, 0.29) is 5.91 Å². The number of carbonyl (C=O) groups excluding carboxylic acids is 1. The second-order valence-corrected chi connectivity index (χ2v) is 7.70. The second-order valence-electron chi connectivity index (χ2n) is 6.26. The number of anilines is 1. The van der Waals surface area contributed by atoms with E-state index in [0.29, 0.717) is 22.0 Å². The number of nitrogens with zero attached hydrogens (tertiary/aromatic N) is 3. The van der Waals surface area contributed by atoms with Crippen LogP contribution in [0.5, 0.6) is 0 Å². The van der Waals surface area contributed by atoms with Gasteiger partial charge in [0.2, 0.25) is 0 Å². The van der Waals surface area contributed by atoms with E-state index in [4.69, 9.17) is 16.9 Å². The number of carbonyl (C=O) groups is 1. The summed E-state index contributed by atoms with van der Waals surface area (Å²) in [5, 5.41) is 17.8. The fourth-order valence-corrected chi connectivity index (χ4v) is 4.22. The van der Waals surface area contributed by atoms with E-state index in [1.807, 2.05) is 49.4 Å². The van der Waals surface area contributed by atoms with Crippen LogP contribution in [0.25, 0.3) is 15.9 Å². The summed E-state index contributed by atoms with van der Waals surface area (Å²) in [4.78, 5) is 14.2. The lowest BCUT2D eigenvalue weighted by Crippen LogP contribution is -2.10. The summed E-state index contributed by atoms with van der Waals surface area (Å²) < 4.78 is 1.78. The van der Waals surface area contributed by atoms with Crippen LogP contribution < -0.4 is 5.32 Å². The Kier molecular flexibility index (Phi) is 4.86. The van der Waals surface area contributed by atoms with Crippen LogP contribution in [-0.2, 0) is 6.42 Å². The zero-order valence-electron chi connectivity index (χ0n) is 14.9. The minimum atomic E-state index is -0.181. The number of nitriles is 1. The molecule has 2 heterocycles. The Bertz CT molecular complexity index is 1220. The predicted molar refractivity (Wildman–Crippen MR) is 112 cm³/mol. The van der Waals surface area contributed by atoms with E-state index in [0.717, 1.165) is 27.2 Å². The summed E-state index contributed by atoms with van der Waals surface area (Å²) >= 11 is 7.70. The summed E-state index contributed by atoms with van der Waals surface area (Å²) in [5.74, 6) is -0.181. The maximum absolute atomic E-state index is 12.7. The highest BCUT2D eigenvalue weighted by Gasteiger charge is 2.18. The van der Waals surface area contributed by atoms with Gasteiger partial charge in [0.25, 0.3) is 5.91 Å². The molecule has 0 radical (unpaired) electrons. The number of nitrogens with one attached hydrogen (secondary N) is 1. The first kappa shape index (κ1) is 18.2. The van der Waals surface area contributed by atoms with Crippen molar-refractivity contribution < 1.29 is 4.79 Å². The third-order valence-corrected chi connectivity index (χ3v) is 5.77. The molecule has 0 atom stereocenters. The van der Waals surface area contributed by atoms with Crippen molar-refractivity contribution >= 4 is 44.7 Å². The van der Waals surface area contributed by atoms with Crippen molar-refractivity contribution in [1.29, 1.82) is 5.26 Å². The van der Waals surface area contributed by atoms with Crippen molar-refractivity contribution in [3.05, 3.63) is 75.8 Å². The zero-order chi connectivity index (χ0) is 19.7. The molecule has 4 aromatic rings. The number of rotatable bonds is 4. The quantitative estimate of drug-likeness (QED) is 0.495. The summed E-state index contributed by atoms with van der Waals surface area (Å²) in [5.41, 5.74) is 3.22. The maximum atomic E-state index is 12.7. The van der Waals surface area contributed by atoms with Crippen LogP contribution in [0.1, 0.15) is 20.9 Å². The molecule has 1 amide bonds. The van der Waals surface area contributed by atoms with Gasteiger partial charge in [0, 0.05) is 11.1 Å². The second kappa shape index (κ2) is 7.47. The van der Waals surface area contributed by atoms with E-state index in [2.05, 4.69) is 16.5 Å². The standard InChI is InChI=1S/C21H15ClN4OS/c1-13-16-12-19(20(27)24-15-8-6-14(7-9-15)10-11-23)28-21(16)26(25-13)18-5-3-2-4-17(18)22/h2-9,12H,10H2,1H3,(H,24,27). The molecule has 2 aromatic carbocycles. The molecule has 0 aliphatic rings. The minimum absolute atomic E-state index is 0.181. The summed E-state index contributed by atoms with van der Waals surface area (Å²) in [6.45, 7) is 1.91. The molecule has 0 aliphatic carbocycles. The van der Waals surface area contributed by atoms with Gasteiger partial charge in [-0.05, 0) is 42.8 Å². The van der Waals surface area contributed by atoms with Crippen LogP contribution in [0, 0.1) is 18.3 Å². The van der Waals surface area contributed by atoms with Crippen molar-refractivity contribution in [1.82, 2.24) is 9.78 Å². The lowest BCUT2D eigenvalue weighted by atomic mass is 10.1. The normalized spacial score (nSPS) is 10.8. The summed E-state index contributed by atoms with van der Waals surface area (Å²) in [7, 11) is 0. The smallest absolute Gasteiger partial charge is 0.265 e. The highest BCUT2D eigenvalue weighted by Crippen LogP contribution is 2.32. The fourth-order valence-electron chi connectivity index (χ4n) is 2.94. The molecule has 138 valence electrons. The third-order valence-electron chi connectivity index (χ3n) is 4.34. The van der Waals surface area contributed by atoms with Gasteiger partial charge in [0.1, 0.15) is 4.83 Å². The minimum Gasteiger partial charge on any atom is -0.321 e. The van der Waals surface area contributed by atoms with Gasteiger partial charge in [0.05, 0.1) is 33.8 Å². The molecule has 0 saturated heterocycles. The number of aromatic nitrogens is 2. The van der Waals surface area contributed by atoms with Gasteiger partial charge in [-0.15, -0.1) is 11.3 Å². The molecule has 0 bridgehead atoms. The Labute approximate surface area is 170 Å². The average molecular weight is 407 g/mol. The Morgan fingerprint density at radius 2 is 2.00 bits per heavy atom. The molecule has 2 aromatic heterocycles. The van der Waals surface area contributed by atoms with Gasteiger partial charge in [0.15, 0.2) is 0 Å². The lowest BCUT2D eigenvalue weighted by Gasteiger charge is -2.05. The van der Waals surface area contributed by atoms with Gasteiger partial charge in [-0.3, -0.25) is 4.79 Å². The van der Waals surface area contributed by atoms with Crippen molar-refractivity contribution in [2.75, 3.05) is 5.32 Å². The number of amides is 1. The molecule has 0 saturated carbocycles. The molecule has 0 aliphatic heterocycles. The van der Waals surface area contributed by atoms with Crippen molar-refractivity contribution in [3.63, 3.8) is 0 Å². The largest absolute Gasteiger partial charge is 0.321 e. The monoisotopic (exact) mass is 406 g/mol. The van der Waals surface area contributed by atoms with Crippen LogP contribution in [0.2, 0.25) is 5.02 Å². The van der Waals surface area contributed by atoms with Gasteiger partial charge in [-0.1, -0.05) is 35.9 Å². The average Bonchev–Trinajstić information content (AvgIpc) is 3.25. The molecule has 5 nitrogen and oxygen atoms in total. The molecular formula is C21H15ClN4OS. The predicted octanol–water partition coefficient (Wildman–Crippen LogP) is 5.37. The SMILES string of the molecule is Cc1nn(-c2ccccc2Cl)c2sc(C(=O)Nc3ccc(CC#N)cc3)cc12. The van der Waals surface area contributed by atoms with Gasteiger partial charge in [-0.25, -0.2) is 4.68 Å². The Morgan fingerprint density at radius 3 is 2.71 bits per heavy atom. The number of thiophene rings is 1. The van der Waals surface area contributed by atoms with Crippen LogP contribution in [0.4, 0.5) is 5.69 Å². The topological polar surface area (TPSA) is 70.7 Å². The number of halogens is 1.